The van der Waals surface area contributed by atoms with Crippen LogP contribution in [0.4, 0.5) is 0 Å². The average Bonchev–Trinajstić information content (AvgIpc) is 2.69. The van der Waals surface area contributed by atoms with Crippen LogP contribution in [-0.4, -0.2) is 18.3 Å². The molecule has 1 aliphatic rings. The zero-order valence-corrected chi connectivity index (χ0v) is 16.3. The molecule has 0 aromatic rings. The highest BCUT2D eigenvalue weighted by molar-refractivity contribution is 6.54. The molecule has 23 heavy (non-hydrogen) atoms. The summed E-state index contributed by atoms with van der Waals surface area (Å²) in [7, 11) is -0.198. The van der Waals surface area contributed by atoms with Crippen molar-refractivity contribution in [1.29, 1.82) is 0 Å². The van der Waals surface area contributed by atoms with Crippen LogP contribution in [0.3, 0.4) is 0 Å². The molecule has 0 atom stereocenters. The van der Waals surface area contributed by atoms with Gasteiger partial charge in [0.15, 0.2) is 0 Å². The molecule has 1 fully saturated rings. The lowest BCUT2D eigenvalue weighted by molar-refractivity contribution is 0.00578. The Morgan fingerprint density at radius 1 is 0.870 bits per heavy atom. The predicted molar refractivity (Wildman–Crippen MR) is 102 cm³/mol. The molecule has 1 aliphatic heterocycles. The Hall–Kier alpha value is -0.535. The molecule has 1 rings (SSSR count). The van der Waals surface area contributed by atoms with Crippen molar-refractivity contribution in [3.05, 3.63) is 23.7 Å². The van der Waals surface area contributed by atoms with E-state index in [1.807, 2.05) is 0 Å². The van der Waals surface area contributed by atoms with Crippen LogP contribution in [0.2, 0.25) is 0 Å². The molecule has 0 saturated carbocycles. The van der Waals surface area contributed by atoms with Crippen LogP contribution in [0, 0.1) is 0 Å². The maximum absolute atomic E-state index is 6.21. The molecule has 2 nitrogen and oxygen atoms in total. The van der Waals surface area contributed by atoms with Crippen LogP contribution in [0.1, 0.15) is 92.9 Å². The highest BCUT2D eigenvalue weighted by Crippen LogP contribution is 2.39. The van der Waals surface area contributed by atoms with Crippen molar-refractivity contribution < 1.29 is 9.31 Å². The number of rotatable bonds is 10. The molecule has 1 heterocycles. The van der Waals surface area contributed by atoms with E-state index in [9.17, 15) is 0 Å². The number of hydrogen-bond donors (Lipinski definition) is 0. The lowest BCUT2D eigenvalue weighted by Crippen LogP contribution is -2.41. The fraction of sp³-hybridized carbons (Fsp3) is 0.800. The summed E-state index contributed by atoms with van der Waals surface area (Å²) in [5.41, 5.74) is 0.759. The second kappa shape index (κ2) is 9.69. The van der Waals surface area contributed by atoms with Crippen molar-refractivity contribution in [3.8, 4) is 0 Å². The first-order chi connectivity index (χ1) is 10.8. The van der Waals surface area contributed by atoms with Gasteiger partial charge in [-0.3, -0.25) is 0 Å². The molecule has 0 aromatic carbocycles. The minimum atomic E-state index is -0.257. The summed E-state index contributed by atoms with van der Waals surface area (Å²) in [5, 5.41) is 0. The van der Waals surface area contributed by atoms with Crippen LogP contribution in [0.5, 0.6) is 0 Å². The summed E-state index contributed by atoms with van der Waals surface area (Å²) in [5.74, 6) is 0. The fourth-order valence-electron chi connectivity index (χ4n) is 2.63. The van der Waals surface area contributed by atoms with Crippen molar-refractivity contribution in [2.24, 2.45) is 0 Å². The standard InChI is InChI=1S/C20H37BO2/c1-7-9-11-12-13-14-15-17-18(16-10-8-2)21-22-19(3,4)20(5,6)23-21/h14-15,17H,7-13,16H2,1-6H3/b15-14+,18-17-. The molecule has 0 N–H and O–H groups in total. The van der Waals surface area contributed by atoms with Crippen LogP contribution in [-0.2, 0) is 9.31 Å². The van der Waals surface area contributed by atoms with Gasteiger partial charge in [-0.2, -0.15) is 0 Å². The van der Waals surface area contributed by atoms with E-state index in [2.05, 4.69) is 59.8 Å². The van der Waals surface area contributed by atoms with Crippen LogP contribution < -0.4 is 0 Å². The summed E-state index contributed by atoms with van der Waals surface area (Å²) >= 11 is 0. The SMILES string of the molecule is CCCCCC/C=C/C=C(/CCCC)B1OC(C)(C)C(C)(C)O1. The predicted octanol–water partition coefficient (Wildman–Crippen LogP) is 6.26. The smallest absolute Gasteiger partial charge is 0.400 e. The van der Waals surface area contributed by atoms with E-state index in [0.717, 1.165) is 6.42 Å². The van der Waals surface area contributed by atoms with Gasteiger partial charge >= 0.3 is 7.12 Å². The third-order valence-corrected chi connectivity index (χ3v) is 5.05. The molecule has 0 spiro atoms. The quantitative estimate of drug-likeness (QED) is 0.269. The molecule has 3 heteroatoms. The van der Waals surface area contributed by atoms with Crippen LogP contribution in [0.25, 0.3) is 0 Å². The maximum Gasteiger partial charge on any atom is 0.490 e. The fourth-order valence-corrected chi connectivity index (χ4v) is 2.63. The van der Waals surface area contributed by atoms with E-state index in [1.54, 1.807) is 0 Å². The van der Waals surface area contributed by atoms with Gasteiger partial charge in [0.2, 0.25) is 0 Å². The highest BCUT2D eigenvalue weighted by atomic mass is 16.7. The van der Waals surface area contributed by atoms with Crippen molar-refractivity contribution in [2.75, 3.05) is 0 Å². The number of hydrogen-bond acceptors (Lipinski definition) is 2. The Morgan fingerprint density at radius 2 is 1.48 bits per heavy atom. The van der Waals surface area contributed by atoms with Crippen LogP contribution >= 0.6 is 0 Å². The van der Waals surface area contributed by atoms with E-state index in [1.165, 1.54) is 50.4 Å². The van der Waals surface area contributed by atoms with E-state index < -0.39 is 0 Å². The monoisotopic (exact) mass is 320 g/mol. The summed E-state index contributed by atoms with van der Waals surface area (Å²) < 4.78 is 12.4. The summed E-state index contributed by atoms with van der Waals surface area (Å²) in [6, 6.07) is 0. The largest absolute Gasteiger partial charge is 0.490 e. The van der Waals surface area contributed by atoms with Gasteiger partial charge in [0.05, 0.1) is 11.2 Å². The second-order valence-electron chi connectivity index (χ2n) is 7.71. The van der Waals surface area contributed by atoms with Gasteiger partial charge in [0.1, 0.15) is 0 Å². The zero-order chi connectivity index (χ0) is 17.3. The van der Waals surface area contributed by atoms with E-state index in [0.29, 0.717) is 0 Å². The summed E-state index contributed by atoms with van der Waals surface area (Å²) in [6.45, 7) is 13.0. The Labute approximate surface area is 144 Å². The van der Waals surface area contributed by atoms with Crippen molar-refractivity contribution >= 4 is 7.12 Å². The first-order valence-corrected chi connectivity index (χ1v) is 9.55. The third-order valence-electron chi connectivity index (χ3n) is 5.05. The molecule has 0 aromatic heterocycles. The minimum Gasteiger partial charge on any atom is -0.400 e. The molecular weight excluding hydrogens is 283 g/mol. The molecule has 0 aliphatic carbocycles. The van der Waals surface area contributed by atoms with Gasteiger partial charge in [-0.1, -0.05) is 64.2 Å². The van der Waals surface area contributed by atoms with Gasteiger partial charge in [-0.15, -0.1) is 0 Å². The minimum absolute atomic E-state index is 0.198. The normalized spacial score (nSPS) is 20.6. The average molecular weight is 320 g/mol. The van der Waals surface area contributed by atoms with Crippen LogP contribution in [0.15, 0.2) is 23.7 Å². The molecule has 132 valence electrons. The molecule has 0 bridgehead atoms. The lowest BCUT2D eigenvalue weighted by atomic mass is 9.75. The Balaban J connectivity index is 2.62. The van der Waals surface area contributed by atoms with Crippen molar-refractivity contribution in [3.63, 3.8) is 0 Å². The third kappa shape index (κ3) is 6.47. The summed E-state index contributed by atoms with van der Waals surface area (Å²) in [4.78, 5) is 0. The molecular formula is C20H37BO2. The molecule has 1 saturated heterocycles. The Bertz CT molecular complexity index is 380. The van der Waals surface area contributed by atoms with E-state index in [4.69, 9.17) is 9.31 Å². The van der Waals surface area contributed by atoms with Gasteiger partial charge in [0.25, 0.3) is 0 Å². The van der Waals surface area contributed by atoms with E-state index in [-0.39, 0.29) is 18.3 Å². The molecule has 0 unspecified atom stereocenters. The highest BCUT2D eigenvalue weighted by Gasteiger charge is 2.52. The zero-order valence-electron chi connectivity index (χ0n) is 16.3. The lowest BCUT2D eigenvalue weighted by Gasteiger charge is -2.32. The molecule has 0 radical (unpaired) electrons. The first kappa shape index (κ1) is 20.5. The van der Waals surface area contributed by atoms with E-state index >= 15 is 0 Å². The van der Waals surface area contributed by atoms with Crippen molar-refractivity contribution in [2.45, 2.75) is 104 Å². The van der Waals surface area contributed by atoms with Gasteiger partial charge in [0, 0.05) is 0 Å². The first-order valence-electron chi connectivity index (χ1n) is 9.55. The van der Waals surface area contributed by atoms with Crippen molar-refractivity contribution in [1.82, 2.24) is 0 Å². The van der Waals surface area contributed by atoms with Gasteiger partial charge in [-0.25, -0.2) is 0 Å². The number of allylic oxidation sites excluding steroid dienone is 4. The second-order valence-corrected chi connectivity index (χ2v) is 7.71. The summed E-state index contributed by atoms with van der Waals surface area (Å²) in [6.07, 6.45) is 16.6. The Kier molecular flexibility index (Phi) is 8.64. The van der Waals surface area contributed by atoms with Gasteiger partial charge in [-0.05, 0) is 52.4 Å². The van der Waals surface area contributed by atoms with Gasteiger partial charge < -0.3 is 9.31 Å². The topological polar surface area (TPSA) is 18.5 Å². The Morgan fingerprint density at radius 3 is 2.04 bits per heavy atom. The molecule has 0 amide bonds. The maximum atomic E-state index is 6.21. The number of unbranched alkanes of at least 4 members (excludes halogenated alkanes) is 5.